The second kappa shape index (κ2) is 7.88. The number of hydrogen-bond acceptors (Lipinski definition) is 4. The van der Waals surface area contributed by atoms with Crippen molar-refractivity contribution in [3.63, 3.8) is 0 Å². The molecule has 0 aromatic heterocycles. The number of nitrogens with one attached hydrogen (secondary N) is 1. The van der Waals surface area contributed by atoms with Gasteiger partial charge in [-0.3, -0.25) is 14.9 Å². The van der Waals surface area contributed by atoms with Crippen LogP contribution in [0.2, 0.25) is 5.02 Å². The zero-order valence-electron chi connectivity index (χ0n) is 13.2. The number of nitro benzene ring substituents is 1. The van der Waals surface area contributed by atoms with Crippen LogP contribution in [-0.4, -0.2) is 10.8 Å². The molecule has 2 aromatic rings. The van der Waals surface area contributed by atoms with Crippen molar-refractivity contribution in [1.29, 1.82) is 5.26 Å². The molecule has 0 heterocycles. The van der Waals surface area contributed by atoms with Crippen LogP contribution >= 0.6 is 11.6 Å². The minimum absolute atomic E-state index is 0.0432. The first-order valence-electron chi connectivity index (χ1n) is 7.16. The molecule has 1 amide bonds. The van der Waals surface area contributed by atoms with Gasteiger partial charge in [-0.1, -0.05) is 17.7 Å². The van der Waals surface area contributed by atoms with Crippen LogP contribution in [0, 0.1) is 21.4 Å². The fourth-order valence-electron chi connectivity index (χ4n) is 2.03. The highest BCUT2D eigenvalue weighted by molar-refractivity contribution is 6.32. The summed E-state index contributed by atoms with van der Waals surface area (Å²) in [5, 5.41) is 22.2. The van der Waals surface area contributed by atoms with Gasteiger partial charge in [-0.25, -0.2) is 0 Å². The van der Waals surface area contributed by atoms with Gasteiger partial charge in [-0.2, -0.15) is 18.4 Å². The summed E-state index contributed by atoms with van der Waals surface area (Å²) in [5.41, 5.74) is -1.89. The molecule has 0 saturated carbocycles. The van der Waals surface area contributed by atoms with E-state index < -0.39 is 28.1 Å². The van der Waals surface area contributed by atoms with E-state index in [9.17, 15) is 28.1 Å². The van der Waals surface area contributed by atoms with Gasteiger partial charge in [0, 0.05) is 28.4 Å². The van der Waals surface area contributed by atoms with Crippen molar-refractivity contribution in [2.75, 3.05) is 5.32 Å². The minimum Gasteiger partial charge on any atom is -0.321 e. The second-order valence-electron chi connectivity index (χ2n) is 5.17. The van der Waals surface area contributed by atoms with Gasteiger partial charge >= 0.3 is 6.18 Å². The van der Waals surface area contributed by atoms with Gasteiger partial charge in [0.2, 0.25) is 0 Å². The standard InChI is InChI=1S/C17H9ClF3N3O3/c18-15-5-4-14(24(26)27)7-10(15)6-11(9-22)16(25)23-13-3-1-2-12(8-13)17(19,20)21/h1-8H,(H,23,25)/b11-6-. The Morgan fingerprint density at radius 1 is 1.26 bits per heavy atom. The zero-order valence-corrected chi connectivity index (χ0v) is 14.0. The molecule has 0 bridgehead atoms. The maximum atomic E-state index is 12.7. The molecule has 27 heavy (non-hydrogen) atoms. The number of anilines is 1. The molecule has 0 aliphatic rings. The number of nitro groups is 1. The van der Waals surface area contributed by atoms with Crippen LogP contribution in [0.25, 0.3) is 6.08 Å². The van der Waals surface area contributed by atoms with E-state index in [-0.39, 0.29) is 22.0 Å². The number of nitriles is 1. The molecule has 0 saturated heterocycles. The van der Waals surface area contributed by atoms with E-state index in [0.717, 1.165) is 30.3 Å². The first-order valence-corrected chi connectivity index (χ1v) is 7.54. The number of nitrogens with zero attached hydrogens (tertiary/aromatic N) is 2. The van der Waals surface area contributed by atoms with Crippen molar-refractivity contribution >= 4 is 35.0 Å². The number of alkyl halides is 3. The predicted molar refractivity (Wildman–Crippen MR) is 91.8 cm³/mol. The molecule has 2 aromatic carbocycles. The van der Waals surface area contributed by atoms with E-state index in [2.05, 4.69) is 5.32 Å². The van der Waals surface area contributed by atoms with Gasteiger partial charge < -0.3 is 5.32 Å². The molecule has 10 heteroatoms. The minimum atomic E-state index is -4.59. The number of carbonyl (C=O) groups excluding carboxylic acids is 1. The molecule has 138 valence electrons. The van der Waals surface area contributed by atoms with Gasteiger partial charge in [0.1, 0.15) is 11.6 Å². The number of hydrogen-bond donors (Lipinski definition) is 1. The number of amides is 1. The van der Waals surface area contributed by atoms with Gasteiger partial charge in [0.15, 0.2) is 0 Å². The lowest BCUT2D eigenvalue weighted by Crippen LogP contribution is -2.14. The number of halogens is 4. The van der Waals surface area contributed by atoms with Gasteiger partial charge in [-0.05, 0) is 30.3 Å². The van der Waals surface area contributed by atoms with E-state index in [1.165, 1.54) is 12.1 Å². The highest BCUT2D eigenvalue weighted by atomic mass is 35.5. The summed E-state index contributed by atoms with van der Waals surface area (Å²) >= 11 is 5.90. The van der Waals surface area contributed by atoms with E-state index in [1.807, 2.05) is 0 Å². The molecule has 2 rings (SSSR count). The second-order valence-corrected chi connectivity index (χ2v) is 5.57. The van der Waals surface area contributed by atoms with Crippen molar-refractivity contribution in [1.82, 2.24) is 0 Å². The topological polar surface area (TPSA) is 96.0 Å². The summed E-state index contributed by atoms with van der Waals surface area (Å²) in [6.07, 6.45) is -3.58. The molecular weight excluding hydrogens is 387 g/mol. The Balaban J connectivity index is 2.32. The number of non-ortho nitro benzene ring substituents is 1. The summed E-state index contributed by atoms with van der Waals surface area (Å²) in [5.74, 6) is -0.987. The highest BCUT2D eigenvalue weighted by Gasteiger charge is 2.30. The van der Waals surface area contributed by atoms with Gasteiger partial charge in [0.25, 0.3) is 11.6 Å². The Morgan fingerprint density at radius 2 is 1.96 bits per heavy atom. The summed E-state index contributed by atoms with van der Waals surface area (Å²) in [6.45, 7) is 0. The Morgan fingerprint density at radius 3 is 2.56 bits per heavy atom. The van der Waals surface area contributed by atoms with E-state index in [0.29, 0.717) is 6.07 Å². The monoisotopic (exact) mass is 395 g/mol. The quantitative estimate of drug-likeness (QED) is 0.347. The number of benzene rings is 2. The lowest BCUT2D eigenvalue weighted by molar-refractivity contribution is -0.384. The lowest BCUT2D eigenvalue weighted by atomic mass is 10.1. The summed E-state index contributed by atoms with van der Waals surface area (Å²) in [6, 6.07) is 8.91. The predicted octanol–water partition coefficient (Wildman–Crippen LogP) is 4.81. The molecule has 0 aliphatic heterocycles. The first-order chi connectivity index (χ1) is 12.6. The SMILES string of the molecule is N#C/C(=C/c1cc([N+](=O)[O-])ccc1Cl)C(=O)Nc1cccc(C(F)(F)F)c1. The van der Waals surface area contributed by atoms with Crippen molar-refractivity contribution in [2.24, 2.45) is 0 Å². The lowest BCUT2D eigenvalue weighted by Gasteiger charge is -2.09. The maximum absolute atomic E-state index is 12.7. The van der Waals surface area contributed by atoms with Crippen LogP contribution in [0.1, 0.15) is 11.1 Å². The summed E-state index contributed by atoms with van der Waals surface area (Å²) in [7, 11) is 0. The third kappa shape index (κ3) is 5.05. The molecule has 0 atom stereocenters. The van der Waals surface area contributed by atoms with Crippen LogP contribution in [0.15, 0.2) is 48.0 Å². The average Bonchev–Trinajstić information content (AvgIpc) is 2.60. The molecular formula is C17H9ClF3N3O3. The third-order valence-corrected chi connectivity index (χ3v) is 3.65. The zero-order chi connectivity index (χ0) is 20.2. The summed E-state index contributed by atoms with van der Waals surface area (Å²) in [4.78, 5) is 22.3. The molecule has 6 nitrogen and oxygen atoms in total. The van der Waals surface area contributed by atoms with Gasteiger partial charge in [-0.15, -0.1) is 0 Å². The number of rotatable bonds is 4. The van der Waals surface area contributed by atoms with E-state index in [1.54, 1.807) is 6.07 Å². The third-order valence-electron chi connectivity index (χ3n) is 3.30. The Kier molecular flexibility index (Phi) is 5.82. The largest absolute Gasteiger partial charge is 0.416 e. The van der Waals surface area contributed by atoms with Crippen LogP contribution < -0.4 is 5.32 Å². The molecule has 0 spiro atoms. The van der Waals surface area contributed by atoms with Crippen molar-refractivity contribution in [2.45, 2.75) is 6.18 Å². The smallest absolute Gasteiger partial charge is 0.321 e. The van der Waals surface area contributed by atoms with Gasteiger partial charge in [0.05, 0.1) is 10.5 Å². The van der Waals surface area contributed by atoms with E-state index in [4.69, 9.17) is 16.9 Å². The summed E-state index contributed by atoms with van der Waals surface area (Å²) < 4.78 is 38.2. The van der Waals surface area contributed by atoms with Crippen molar-refractivity contribution in [3.8, 4) is 6.07 Å². The van der Waals surface area contributed by atoms with E-state index >= 15 is 0 Å². The molecule has 0 aliphatic carbocycles. The number of carbonyl (C=O) groups is 1. The van der Waals surface area contributed by atoms with Crippen LogP contribution in [-0.2, 0) is 11.0 Å². The fourth-order valence-corrected chi connectivity index (χ4v) is 2.20. The van der Waals surface area contributed by atoms with Crippen LogP contribution in [0.4, 0.5) is 24.5 Å². The Hall–Kier alpha value is -3.38. The van der Waals surface area contributed by atoms with Crippen molar-refractivity contribution in [3.05, 3.63) is 74.3 Å². The first kappa shape index (κ1) is 19.9. The van der Waals surface area contributed by atoms with Crippen molar-refractivity contribution < 1.29 is 22.9 Å². The normalized spacial score (nSPS) is 11.6. The Labute approximate surface area is 155 Å². The fraction of sp³-hybridized carbons (Fsp3) is 0.0588. The van der Waals surface area contributed by atoms with Crippen LogP contribution in [0.3, 0.4) is 0 Å². The maximum Gasteiger partial charge on any atom is 0.416 e. The van der Waals surface area contributed by atoms with Crippen LogP contribution in [0.5, 0.6) is 0 Å². The highest BCUT2D eigenvalue weighted by Crippen LogP contribution is 2.31. The molecule has 0 unspecified atom stereocenters. The average molecular weight is 396 g/mol. The molecule has 1 N–H and O–H groups in total. The molecule has 0 radical (unpaired) electrons. The molecule has 0 fully saturated rings. The Bertz CT molecular complexity index is 981.